The van der Waals surface area contributed by atoms with Gasteiger partial charge < -0.3 is 14.5 Å². The van der Waals surface area contributed by atoms with Crippen LogP contribution in [0.25, 0.3) is 11.1 Å². The summed E-state index contributed by atoms with van der Waals surface area (Å²) in [6, 6.07) is 6.64. The molecule has 0 unspecified atom stereocenters. The maximum atomic E-state index is 11.9. The number of ether oxygens (including phenoxy) is 2. The number of aromatic amines is 1. The minimum absolute atomic E-state index is 0.0636. The highest BCUT2D eigenvalue weighted by Gasteiger charge is 2.26. The molecule has 0 radical (unpaired) electrons. The van der Waals surface area contributed by atoms with Crippen LogP contribution in [0.5, 0.6) is 5.75 Å². The number of hydrogen-bond donors (Lipinski definition) is 1. The van der Waals surface area contributed by atoms with Crippen LogP contribution in [0.4, 0.5) is 5.69 Å². The number of esters is 1. The highest BCUT2D eigenvalue weighted by atomic mass is 16.6. The lowest BCUT2D eigenvalue weighted by atomic mass is 10.0. The van der Waals surface area contributed by atoms with Crippen molar-refractivity contribution in [2.75, 3.05) is 13.7 Å². The van der Waals surface area contributed by atoms with E-state index in [1.807, 2.05) is 0 Å². The van der Waals surface area contributed by atoms with Gasteiger partial charge in [0.15, 0.2) is 0 Å². The van der Waals surface area contributed by atoms with Crippen LogP contribution >= 0.6 is 0 Å². The Morgan fingerprint density at radius 1 is 1.33 bits per heavy atom. The van der Waals surface area contributed by atoms with Crippen molar-refractivity contribution >= 4 is 11.7 Å². The van der Waals surface area contributed by atoms with Gasteiger partial charge in [0.25, 0.3) is 5.69 Å². The molecule has 2 aromatic rings. The Morgan fingerprint density at radius 3 is 2.52 bits per heavy atom. The maximum absolute atomic E-state index is 11.9. The van der Waals surface area contributed by atoms with Gasteiger partial charge in [-0.15, -0.1) is 0 Å². The molecule has 0 saturated heterocycles. The molecule has 0 fully saturated rings. The van der Waals surface area contributed by atoms with E-state index in [9.17, 15) is 14.9 Å². The van der Waals surface area contributed by atoms with Gasteiger partial charge >= 0.3 is 5.97 Å². The van der Waals surface area contributed by atoms with Crippen molar-refractivity contribution in [2.45, 2.75) is 6.92 Å². The van der Waals surface area contributed by atoms with Crippen molar-refractivity contribution in [3.8, 4) is 16.9 Å². The predicted molar refractivity (Wildman–Crippen MR) is 75.4 cm³/mol. The summed E-state index contributed by atoms with van der Waals surface area (Å²) < 4.78 is 9.96. The number of methoxy groups -OCH3 is 1. The van der Waals surface area contributed by atoms with Gasteiger partial charge in [0.2, 0.25) is 0 Å². The monoisotopic (exact) mass is 290 g/mol. The van der Waals surface area contributed by atoms with Crippen molar-refractivity contribution in [1.82, 2.24) is 4.98 Å². The van der Waals surface area contributed by atoms with Crippen LogP contribution in [0.1, 0.15) is 17.4 Å². The van der Waals surface area contributed by atoms with Crippen LogP contribution in [0.15, 0.2) is 30.5 Å². The Bertz CT molecular complexity index is 661. The number of rotatable bonds is 5. The molecular formula is C14H14N2O5. The highest BCUT2D eigenvalue weighted by molar-refractivity contribution is 5.98. The second-order valence-electron chi connectivity index (χ2n) is 4.13. The first-order valence-electron chi connectivity index (χ1n) is 6.25. The molecular weight excluding hydrogens is 276 g/mol. The molecule has 7 nitrogen and oxygen atoms in total. The van der Waals surface area contributed by atoms with E-state index in [2.05, 4.69) is 4.98 Å². The third-order valence-electron chi connectivity index (χ3n) is 2.91. The standard InChI is InChI=1S/C14H14N2O5/c1-3-21-14(17)13-12(11(8-15-13)16(18)19)9-4-6-10(20-2)7-5-9/h4-8,15H,3H2,1-2H3. The van der Waals surface area contributed by atoms with E-state index < -0.39 is 10.9 Å². The summed E-state index contributed by atoms with van der Waals surface area (Å²) in [5, 5.41) is 11.1. The minimum Gasteiger partial charge on any atom is -0.497 e. The number of aromatic nitrogens is 1. The first-order valence-corrected chi connectivity index (χ1v) is 6.25. The van der Waals surface area contributed by atoms with E-state index in [1.54, 1.807) is 31.2 Å². The lowest BCUT2D eigenvalue weighted by Gasteiger charge is -2.05. The molecule has 0 aliphatic carbocycles. The van der Waals surface area contributed by atoms with Gasteiger partial charge in [0, 0.05) is 0 Å². The van der Waals surface area contributed by atoms with Crippen molar-refractivity contribution in [3.63, 3.8) is 0 Å². The molecule has 1 aromatic heterocycles. The summed E-state index contributed by atoms with van der Waals surface area (Å²) >= 11 is 0. The quantitative estimate of drug-likeness (QED) is 0.519. The zero-order chi connectivity index (χ0) is 15.4. The fourth-order valence-corrected chi connectivity index (χ4v) is 1.97. The molecule has 7 heteroatoms. The Balaban J connectivity index is 2.54. The zero-order valence-corrected chi connectivity index (χ0v) is 11.6. The molecule has 110 valence electrons. The van der Waals surface area contributed by atoms with E-state index in [-0.39, 0.29) is 23.6 Å². The van der Waals surface area contributed by atoms with Crippen molar-refractivity contribution in [1.29, 1.82) is 0 Å². The number of hydrogen-bond acceptors (Lipinski definition) is 5. The molecule has 1 heterocycles. The maximum Gasteiger partial charge on any atom is 0.355 e. The number of H-pyrrole nitrogens is 1. The van der Waals surface area contributed by atoms with Crippen LogP contribution in [-0.4, -0.2) is 29.6 Å². The van der Waals surface area contributed by atoms with Crippen LogP contribution in [-0.2, 0) is 4.74 Å². The number of carbonyl (C=O) groups excluding carboxylic acids is 1. The number of nitrogens with zero attached hydrogens (tertiary/aromatic N) is 1. The third-order valence-corrected chi connectivity index (χ3v) is 2.91. The van der Waals surface area contributed by atoms with Gasteiger partial charge in [-0.1, -0.05) is 12.1 Å². The summed E-state index contributed by atoms with van der Waals surface area (Å²) in [7, 11) is 1.53. The summed E-state index contributed by atoms with van der Waals surface area (Å²) in [6.07, 6.45) is 1.19. The SMILES string of the molecule is CCOC(=O)c1[nH]cc([N+](=O)[O-])c1-c1ccc(OC)cc1. The van der Waals surface area contributed by atoms with E-state index in [0.29, 0.717) is 11.3 Å². The van der Waals surface area contributed by atoms with Gasteiger partial charge in [-0.3, -0.25) is 10.1 Å². The summed E-state index contributed by atoms with van der Waals surface area (Å²) in [4.78, 5) is 25.1. The van der Waals surface area contributed by atoms with E-state index >= 15 is 0 Å². The number of nitro groups is 1. The van der Waals surface area contributed by atoms with Gasteiger partial charge in [0.1, 0.15) is 11.4 Å². The first kappa shape index (κ1) is 14.6. The molecule has 0 bridgehead atoms. The number of benzene rings is 1. The Kier molecular flexibility index (Phi) is 4.22. The summed E-state index contributed by atoms with van der Waals surface area (Å²) in [5.41, 5.74) is 0.629. The van der Waals surface area contributed by atoms with Gasteiger partial charge in [-0.25, -0.2) is 4.79 Å². The van der Waals surface area contributed by atoms with Gasteiger partial charge in [0.05, 0.1) is 30.4 Å². The Hall–Kier alpha value is -2.83. The largest absolute Gasteiger partial charge is 0.497 e. The average Bonchev–Trinajstić information content (AvgIpc) is 2.92. The average molecular weight is 290 g/mol. The first-order chi connectivity index (χ1) is 10.1. The molecule has 1 aromatic carbocycles. The molecule has 1 N–H and O–H groups in total. The highest BCUT2D eigenvalue weighted by Crippen LogP contribution is 2.34. The molecule has 21 heavy (non-hydrogen) atoms. The second kappa shape index (κ2) is 6.08. The fraction of sp³-hybridized carbons (Fsp3) is 0.214. The molecule has 0 saturated carbocycles. The number of nitrogens with one attached hydrogen (secondary N) is 1. The Morgan fingerprint density at radius 2 is 2.00 bits per heavy atom. The molecule has 2 rings (SSSR count). The van der Waals surface area contributed by atoms with Crippen molar-refractivity contribution in [3.05, 3.63) is 46.3 Å². The topological polar surface area (TPSA) is 94.5 Å². The van der Waals surface area contributed by atoms with E-state index in [4.69, 9.17) is 9.47 Å². The number of carbonyl (C=O) groups is 1. The normalized spacial score (nSPS) is 10.2. The summed E-state index contributed by atoms with van der Waals surface area (Å²) in [6.45, 7) is 1.86. The fourth-order valence-electron chi connectivity index (χ4n) is 1.97. The van der Waals surface area contributed by atoms with Crippen molar-refractivity contribution < 1.29 is 19.2 Å². The molecule has 0 spiro atoms. The van der Waals surface area contributed by atoms with Gasteiger partial charge in [-0.2, -0.15) is 0 Å². The summed E-state index contributed by atoms with van der Waals surface area (Å²) in [5.74, 6) is -0.00829. The molecule has 0 aliphatic rings. The van der Waals surface area contributed by atoms with Crippen LogP contribution in [0, 0.1) is 10.1 Å². The van der Waals surface area contributed by atoms with Crippen LogP contribution in [0.3, 0.4) is 0 Å². The predicted octanol–water partition coefficient (Wildman–Crippen LogP) is 2.78. The third kappa shape index (κ3) is 2.86. The molecule has 0 atom stereocenters. The van der Waals surface area contributed by atoms with E-state index in [0.717, 1.165) is 0 Å². The van der Waals surface area contributed by atoms with Gasteiger partial charge in [-0.05, 0) is 24.6 Å². The van der Waals surface area contributed by atoms with E-state index in [1.165, 1.54) is 13.3 Å². The molecule has 0 amide bonds. The van der Waals surface area contributed by atoms with Crippen molar-refractivity contribution in [2.24, 2.45) is 0 Å². The van der Waals surface area contributed by atoms with Crippen LogP contribution < -0.4 is 4.74 Å². The lowest BCUT2D eigenvalue weighted by Crippen LogP contribution is -2.06. The minimum atomic E-state index is -0.628. The second-order valence-corrected chi connectivity index (χ2v) is 4.13. The smallest absolute Gasteiger partial charge is 0.355 e. The van der Waals surface area contributed by atoms with Crippen LogP contribution in [0.2, 0.25) is 0 Å². The molecule has 0 aliphatic heterocycles. The lowest BCUT2D eigenvalue weighted by molar-refractivity contribution is -0.384. The zero-order valence-electron chi connectivity index (χ0n) is 11.6. The Labute approximate surface area is 120 Å².